The molecule has 0 atom stereocenters. The maximum Gasteiger partial charge on any atom is 0.174 e. The van der Waals surface area contributed by atoms with Crippen molar-refractivity contribution in [1.82, 2.24) is 14.7 Å². The first-order valence-corrected chi connectivity index (χ1v) is 8.73. The van der Waals surface area contributed by atoms with Crippen LogP contribution in [0.15, 0.2) is 27.4 Å². The third-order valence-electron chi connectivity index (χ3n) is 3.14. The molecule has 0 radical (unpaired) electrons. The average Bonchev–Trinajstić information content (AvgIpc) is 3.17. The van der Waals surface area contributed by atoms with Gasteiger partial charge in [0.25, 0.3) is 0 Å². The molecule has 1 aromatic heterocycles. The van der Waals surface area contributed by atoms with Crippen molar-refractivity contribution in [2.45, 2.75) is 48.0 Å². The Kier molecular flexibility index (Phi) is 4.61. The quantitative estimate of drug-likeness (QED) is 0.865. The highest BCUT2D eigenvalue weighted by atomic mass is 35.5. The van der Waals surface area contributed by atoms with Crippen LogP contribution < -0.4 is 5.32 Å². The molecule has 3 nitrogen and oxygen atoms in total. The SMILES string of the molecule is CCc1nsc(Sc2ccc(Cl)cc2CNC2CC2)n1. The van der Waals surface area contributed by atoms with Gasteiger partial charge >= 0.3 is 0 Å². The van der Waals surface area contributed by atoms with E-state index in [0.29, 0.717) is 6.04 Å². The lowest BCUT2D eigenvalue weighted by Crippen LogP contribution is -2.15. The van der Waals surface area contributed by atoms with Gasteiger partial charge in [0.1, 0.15) is 5.82 Å². The van der Waals surface area contributed by atoms with Crippen LogP contribution in [0.3, 0.4) is 0 Å². The number of nitrogens with zero attached hydrogens (tertiary/aromatic N) is 2. The number of aromatic nitrogens is 2. The topological polar surface area (TPSA) is 37.8 Å². The van der Waals surface area contributed by atoms with E-state index in [1.807, 2.05) is 12.1 Å². The molecule has 6 heteroatoms. The van der Waals surface area contributed by atoms with E-state index in [-0.39, 0.29) is 0 Å². The van der Waals surface area contributed by atoms with Crippen molar-refractivity contribution in [3.8, 4) is 0 Å². The molecule has 0 spiro atoms. The highest BCUT2D eigenvalue weighted by molar-refractivity contribution is 8.01. The van der Waals surface area contributed by atoms with Gasteiger partial charge < -0.3 is 5.32 Å². The number of hydrogen-bond acceptors (Lipinski definition) is 5. The first kappa shape index (κ1) is 14.3. The van der Waals surface area contributed by atoms with Crippen LogP contribution in [0.1, 0.15) is 31.2 Å². The van der Waals surface area contributed by atoms with E-state index in [1.54, 1.807) is 11.8 Å². The van der Waals surface area contributed by atoms with Gasteiger partial charge in [0.05, 0.1) is 0 Å². The zero-order valence-electron chi connectivity index (χ0n) is 11.2. The Hall–Kier alpha value is -0.620. The summed E-state index contributed by atoms with van der Waals surface area (Å²) in [6, 6.07) is 6.75. The Labute approximate surface area is 132 Å². The molecule has 1 N–H and O–H groups in total. The molecule has 1 aromatic carbocycles. The first-order chi connectivity index (χ1) is 9.74. The van der Waals surface area contributed by atoms with Crippen molar-refractivity contribution in [3.05, 3.63) is 34.6 Å². The molecule has 1 aliphatic carbocycles. The van der Waals surface area contributed by atoms with Crippen LogP contribution in [-0.2, 0) is 13.0 Å². The van der Waals surface area contributed by atoms with Gasteiger partial charge in [-0.15, -0.1) is 0 Å². The lowest BCUT2D eigenvalue weighted by molar-refractivity contribution is 0.680. The molecule has 0 aliphatic heterocycles. The maximum absolute atomic E-state index is 6.11. The zero-order valence-corrected chi connectivity index (χ0v) is 13.6. The number of benzene rings is 1. The van der Waals surface area contributed by atoms with E-state index in [2.05, 4.69) is 27.7 Å². The number of hydrogen-bond donors (Lipinski definition) is 1. The summed E-state index contributed by atoms with van der Waals surface area (Å²) >= 11 is 9.26. The van der Waals surface area contributed by atoms with Gasteiger partial charge in [-0.3, -0.25) is 0 Å². The minimum Gasteiger partial charge on any atom is -0.310 e. The molecule has 0 amide bonds. The van der Waals surface area contributed by atoms with E-state index in [0.717, 1.165) is 28.2 Å². The smallest absolute Gasteiger partial charge is 0.174 e. The number of nitrogens with one attached hydrogen (secondary N) is 1. The summed E-state index contributed by atoms with van der Waals surface area (Å²) < 4.78 is 5.33. The largest absolute Gasteiger partial charge is 0.310 e. The van der Waals surface area contributed by atoms with Crippen molar-refractivity contribution in [1.29, 1.82) is 0 Å². The number of halogens is 1. The molecular formula is C14H16ClN3S2. The Morgan fingerprint density at radius 1 is 1.45 bits per heavy atom. The van der Waals surface area contributed by atoms with Crippen LogP contribution in [0, 0.1) is 0 Å². The van der Waals surface area contributed by atoms with E-state index in [1.165, 1.54) is 34.8 Å². The second-order valence-electron chi connectivity index (χ2n) is 4.84. The van der Waals surface area contributed by atoms with Crippen LogP contribution in [0.4, 0.5) is 0 Å². The summed E-state index contributed by atoms with van der Waals surface area (Å²) in [7, 11) is 0. The molecule has 1 fully saturated rings. The van der Waals surface area contributed by atoms with Crippen molar-refractivity contribution in [2.75, 3.05) is 0 Å². The average molecular weight is 326 g/mol. The molecule has 0 unspecified atom stereocenters. The molecule has 0 bridgehead atoms. The monoisotopic (exact) mass is 325 g/mol. The minimum atomic E-state index is 0.694. The molecule has 1 heterocycles. The molecule has 106 valence electrons. The molecule has 3 rings (SSSR count). The van der Waals surface area contributed by atoms with Gasteiger partial charge in [-0.2, -0.15) is 4.37 Å². The fourth-order valence-corrected chi connectivity index (χ4v) is 3.81. The summed E-state index contributed by atoms with van der Waals surface area (Å²) in [5.74, 6) is 0.920. The molecular weight excluding hydrogens is 310 g/mol. The normalized spacial score (nSPS) is 14.7. The van der Waals surface area contributed by atoms with Gasteiger partial charge in [0.15, 0.2) is 4.34 Å². The second-order valence-corrected chi connectivity index (χ2v) is 7.32. The van der Waals surface area contributed by atoms with Gasteiger partial charge in [-0.05, 0) is 48.1 Å². The van der Waals surface area contributed by atoms with Crippen LogP contribution in [0.2, 0.25) is 5.02 Å². The van der Waals surface area contributed by atoms with Crippen molar-refractivity contribution < 1.29 is 0 Å². The Bertz CT molecular complexity index is 596. The molecule has 1 saturated carbocycles. The van der Waals surface area contributed by atoms with Gasteiger partial charge in [-0.25, -0.2) is 4.98 Å². The minimum absolute atomic E-state index is 0.694. The lowest BCUT2D eigenvalue weighted by atomic mass is 10.2. The summed E-state index contributed by atoms with van der Waals surface area (Å²) in [5.41, 5.74) is 1.24. The van der Waals surface area contributed by atoms with Crippen LogP contribution in [0.25, 0.3) is 0 Å². The van der Waals surface area contributed by atoms with Crippen LogP contribution in [-0.4, -0.2) is 15.4 Å². The maximum atomic E-state index is 6.11. The summed E-state index contributed by atoms with van der Waals surface area (Å²) in [6.07, 6.45) is 3.46. The molecule has 20 heavy (non-hydrogen) atoms. The number of aryl methyl sites for hydroxylation is 1. The fourth-order valence-electron chi connectivity index (χ4n) is 1.84. The highest BCUT2D eigenvalue weighted by Gasteiger charge is 2.20. The molecule has 1 aliphatic rings. The van der Waals surface area contributed by atoms with Crippen molar-refractivity contribution in [2.24, 2.45) is 0 Å². The lowest BCUT2D eigenvalue weighted by Gasteiger charge is -2.09. The third kappa shape index (κ3) is 3.73. The zero-order chi connectivity index (χ0) is 13.9. The van der Waals surface area contributed by atoms with E-state index < -0.39 is 0 Å². The van der Waals surface area contributed by atoms with E-state index >= 15 is 0 Å². The summed E-state index contributed by atoms with van der Waals surface area (Å²) in [5, 5.41) is 4.32. The number of rotatable bonds is 6. The Morgan fingerprint density at radius 2 is 2.30 bits per heavy atom. The first-order valence-electron chi connectivity index (χ1n) is 6.77. The summed E-state index contributed by atoms with van der Waals surface area (Å²) in [4.78, 5) is 5.72. The van der Waals surface area contributed by atoms with Crippen molar-refractivity contribution >= 4 is 34.9 Å². The second kappa shape index (κ2) is 6.43. The molecule has 0 saturated heterocycles. The van der Waals surface area contributed by atoms with Gasteiger partial charge in [-0.1, -0.05) is 30.3 Å². The predicted octanol–water partition coefficient (Wildman–Crippen LogP) is 4.16. The highest BCUT2D eigenvalue weighted by Crippen LogP contribution is 2.33. The Morgan fingerprint density at radius 3 is 3.00 bits per heavy atom. The van der Waals surface area contributed by atoms with E-state index in [4.69, 9.17) is 11.6 Å². The van der Waals surface area contributed by atoms with Gasteiger partial charge in [0.2, 0.25) is 0 Å². The fraction of sp³-hybridized carbons (Fsp3) is 0.429. The molecule has 2 aromatic rings. The van der Waals surface area contributed by atoms with Crippen molar-refractivity contribution in [3.63, 3.8) is 0 Å². The standard InChI is InChI=1S/C14H16ClN3S2/c1-2-13-17-14(20-18-13)19-12-6-3-10(15)7-9(12)8-16-11-4-5-11/h3,6-7,11,16H,2,4-5,8H2,1H3. The third-order valence-corrected chi connectivity index (χ3v) is 5.29. The Balaban J connectivity index is 1.75. The van der Waals surface area contributed by atoms with Gasteiger partial charge in [0, 0.05) is 28.9 Å². The van der Waals surface area contributed by atoms with Crippen LogP contribution >= 0.6 is 34.9 Å². The van der Waals surface area contributed by atoms with Crippen LogP contribution in [0.5, 0.6) is 0 Å². The predicted molar refractivity (Wildman–Crippen MR) is 84.7 cm³/mol. The van der Waals surface area contributed by atoms with E-state index in [9.17, 15) is 0 Å². The summed E-state index contributed by atoms with van der Waals surface area (Å²) in [6.45, 7) is 2.94.